The molecule has 1 aromatic heterocycles. The van der Waals surface area contributed by atoms with Crippen LogP contribution in [0.5, 0.6) is 0 Å². The van der Waals surface area contributed by atoms with Crippen molar-refractivity contribution in [3.63, 3.8) is 0 Å². The third-order valence-corrected chi connectivity index (χ3v) is 11.4. The van der Waals surface area contributed by atoms with E-state index < -0.39 is 65.5 Å². The fourth-order valence-electron chi connectivity index (χ4n) is 9.15. The van der Waals surface area contributed by atoms with Crippen molar-refractivity contribution in [1.29, 1.82) is 0 Å². The van der Waals surface area contributed by atoms with Gasteiger partial charge < -0.3 is 44.2 Å². The zero-order valence-corrected chi connectivity index (χ0v) is 22.7. The first-order valence-electron chi connectivity index (χ1n) is 14.5. The van der Waals surface area contributed by atoms with E-state index in [9.17, 15) is 35.1 Å². The van der Waals surface area contributed by atoms with Gasteiger partial charge >= 0.3 is 5.63 Å². The van der Waals surface area contributed by atoms with Crippen LogP contribution in [0.3, 0.4) is 0 Å². The monoisotopic (exact) mass is 560 g/mol. The molecule has 40 heavy (non-hydrogen) atoms. The van der Waals surface area contributed by atoms with Crippen molar-refractivity contribution in [2.45, 2.75) is 107 Å². The molecular formula is C30H40O10. The molecule has 0 amide bonds. The molecule has 5 aliphatic rings. The minimum atomic E-state index is -1.52. The number of hydrogen-bond acceptors (Lipinski definition) is 10. The van der Waals surface area contributed by atoms with Gasteiger partial charge in [0, 0.05) is 11.5 Å². The van der Waals surface area contributed by atoms with E-state index in [1.165, 1.54) is 12.3 Å². The van der Waals surface area contributed by atoms with Gasteiger partial charge in [-0.05, 0) is 80.8 Å². The molecule has 0 spiro atoms. The fourth-order valence-corrected chi connectivity index (χ4v) is 9.15. The molecule has 1 aromatic rings. The molecule has 4 fully saturated rings. The lowest BCUT2D eigenvalue weighted by molar-refractivity contribution is -0.308. The van der Waals surface area contributed by atoms with E-state index in [1.54, 1.807) is 0 Å². The Morgan fingerprint density at radius 1 is 1.02 bits per heavy atom. The SMILES string of the molecule is C[C@]12CC[C@H]3[C@H](CCC4=C[C@H](O[C@@H]5O[C@H](CO)[C@@H](O)[C@H](O)[C@H]5O)CC[C@@]43C=O)[C@@]1(O)CC[C@@H]2c1ccc(=O)oc1. The molecule has 10 heteroatoms. The quantitative estimate of drug-likeness (QED) is 0.260. The summed E-state index contributed by atoms with van der Waals surface area (Å²) < 4.78 is 16.7. The second-order valence-electron chi connectivity index (χ2n) is 12.9. The molecule has 1 aliphatic heterocycles. The van der Waals surface area contributed by atoms with Crippen LogP contribution in [0.2, 0.25) is 0 Å². The number of ether oxygens (including phenoxy) is 2. The topological polar surface area (TPSA) is 167 Å². The number of aliphatic hydroxyl groups is 5. The Morgan fingerprint density at radius 3 is 2.52 bits per heavy atom. The first-order valence-corrected chi connectivity index (χ1v) is 14.5. The van der Waals surface area contributed by atoms with Crippen LogP contribution in [0.1, 0.15) is 69.8 Å². The van der Waals surface area contributed by atoms with Crippen LogP contribution in [0.4, 0.5) is 0 Å². The van der Waals surface area contributed by atoms with Gasteiger partial charge in [0.1, 0.15) is 30.7 Å². The highest BCUT2D eigenvalue weighted by molar-refractivity contribution is 5.67. The summed E-state index contributed by atoms with van der Waals surface area (Å²) in [5, 5.41) is 52.5. The molecule has 220 valence electrons. The van der Waals surface area contributed by atoms with Crippen LogP contribution in [0.25, 0.3) is 0 Å². The maximum Gasteiger partial charge on any atom is 0.335 e. The minimum Gasteiger partial charge on any atom is -0.431 e. The van der Waals surface area contributed by atoms with E-state index in [-0.39, 0.29) is 17.8 Å². The molecule has 3 saturated carbocycles. The van der Waals surface area contributed by atoms with Crippen molar-refractivity contribution in [2.24, 2.45) is 22.7 Å². The number of aldehydes is 1. The van der Waals surface area contributed by atoms with Crippen LogP contribution < -0.4 is 5.63 Å². The van der Waals surface area contributed by atoms with Gasteiger partial charge in [0.2, 0.25) is 0 Å². The van der Waals surface area contributed by atoms with Gasteiger partial charge in [0.15, 0.2) is 6.29 Å². The van der Waals surface area contributed by atoms with Crippen LogP contribution in [0.15, 0.2) is 39.3 Å². The smallest absolute Gasteiger partial charge is 0.335 e. The number of carbonyl (C=O) groups excluding carboxylic acids is 1. The average Bonchev–Trinajstić information content (AvgIpc) is 3.24. The maximum absolute atomic E-state index is 12.9. The average molecular weight is 561 g/mol. The second-order valence-corrected chi connectivity index (χ2v) is 12.9. The van der Waals surface area contributed by atoms with E-state index in [1.807, 2.05) is 12.1 Å². The molecular weight excluding hydrogens is 520 g/mol. The lowest BCUT2D eigenvalue weighted by atomic mass is 9.45. The number of rotatable bonds is 5. The van der Waals surface area contributed by atoms with Crippen LogP contribution >= 0.6 is 0 Å². The maximum atomic E-state index is 12.9. The molecule has 10 nitrogen and oxygen atoms in total. The minimum absolute atomic E-state index is 0.0104. The number of aliphatic hydroxyl groups excluding tert-OH is 4. The lowest BCUT2D eigenvalue weighted by Crippen LogP contribution is -2.61. The van der Waals surface area contributed by atoms with Gasteiger partial charge in [-0.3, -0.25) is 0 Å². The summed E-state index contributed by atoms with van der Waals surface area (Å²) >= 11 is 0. The Balaban J connectivity index is 1.23. The molecule has 0 aromatic carbocycles. The molecule has 4 aliphatic carbocycles. The summed E-state index contributed by atoms with van der Waals surface area (Å²) in [6, 6.07) is 3.25. The molecule has 0 unspecified atom stereocenters. The summed E-state index contributed by atoms with van der Waals surface area (Å²) in [5.74, 6) is 0.00979. The predicted molar refractivity (Wildman–Crippen MR) is 140 cm³/mol. The number of hydrogen-bond donors (Lipinski definition) is 5. The molecule has 5 N–H and O–H groups in total. The Morgan fingerprint density at radius 2 is 1.82 bits per heavy atom. The summed E-state index contributed by atoms with van der Waals surface area (Å²) in [6.45, 7) is 1.62. The van der Waals surface area contributed by atoms with E-state index in [2.05, 4.69) is 6.92 Å². The van der Waals surface area contributed by atoms with E-state index in [0.717, 1.165) is 43.1 Å². The molecule has 0 bridgehead atoms. The molecule has 0 radical (unpaired) electrons. The van der Waals surface area contributed by atoms with E-state index in [0.29, 0.717) is 25.7 Å². The fraction of sp³-hybridized carbons (Fsp3) is 0.733. The summed E-state index contributed by atoms with van der Waals surface area (Å²) in [6.07, 6.45) is 2.69. The summed E-state index contributed by atoms with van der Waals surface area (Å²) in [4.78, 5) is 24.5. The van der Waals surface area contributed by atoms with Gasteiger partial charge in [0.25, 0.3) is 0 Å². The van der Waals surface area contributed by atoms with Gasteiger partial charge in [-0.2, -0.15) is 0 Å². The van der Waals surface area contributed by atoms with Crippen molar-refractivity contribution in [2.75, 3.05) is 6.61 Å². The Hall–Kier alpha value is -1.92. The Bertz CT molecular complexity index is 1190. The molecule has 12 atom stereocenters. The first kappa shape index (κ1) is 28.2. The van der Waals surface area contributed by atoms with E-state index >= 15 is 0 Å². The lowest BCUT2D eigenvalue weighted by Gasteiger charge is -2.61. The first-order chi connectivity index (χ1) is 19.1. The van der Waals surface area contributed by atoms with Gasteiger partial charge in [0.05, 0.1) is 30.0 Å². The van der Waals surface area contributed by atoms with Gasteiger partial charge in [-0.25, -0.2) is 4.79 Å². The highest BCUT2D eigenvalue weighted by Gasteiger charge is 2.67. The molecule has 2 heterocycles. The highest BCUT2D eigenvalue weighted by Crippen LogP contribution is 2.69. The largest absolute Gasteiger partial charge is 0.431 e. The van der Waals surface area contributed by atoms with Crippen LogP contribution in [0, 0.1) is 22.7 Å². The summed E-state index contributed by atoms with van der Waals surface area (Å²) in [7, 11) is 0. The van der Waals surface area contributed by atoms with Gasteiger partial charge in [-0.1, -0.05) is 18.6 Å². The van der Waals surface area contributed by atoms with E-state index in [4.69, 9.17) is 13.9 Å². The zero-order valence-electron chi connectivity index (χ0n) is 22.7. The third kappa shape index (κ3) is 4.02. The zero-order chi connectivity index (χ0) is 28.4. The van der Waals surface area contributed by atoms with Gasteiger partial charge in [-0.15, -0.1) is 0 Å². The van der Waals surface area contributed by atoms with Crippen molar-refractivity contribution in [3.8, 4) is 0 Å². The standard InChI is InChI=1S/C30H40O10/c1-28-9-7-20-21(30(28,37)11-8-19(28)16-2-5-23(33)38-14-16)4-3-17-12-18(6-10-29(17,20)15-32)39-27-26(36)25(35)24(34)22(13-31)40-27/h2,5,12,14-15,18-22,24-27,31,34-37H,3-4,6-11,13H2,1H3/t18-,19-,20+,21+,22-,24-,25+,26-,27-,28-,29-,30+/m1/s1. The van der Waals surface area contributed by atoms with Crippen molar-refractivity contribution < 1.29 is 44.2 Å². The summed E-state index contributed by atoms with van der Waals surface area (Å²) in [5.41, 5.74) is -0.520. The van der Waals surface area contributed by atoms with Crippen molar-refractivity contribution in [1.82, 2.24) is 0 Å². The third-order valence-electron chi connectivity index (χ3n) is 11.4. The predicted octanol–water partition coefficient (Wildman–Crippen LogP) is 1.17. The number of fused-ring (bicyclic) bond motifs is 5. The van der Waals surface area contributed by atoms with Crippen molar-refractivity contribution in [3.05, 3.63) is 46.0 Å². The van der Waals surface area contributed by atoms with Crippen molar-refractivity contribution >= 4 is 6.29 Å². The Labute approximate surface area is 232 Å². The number of carbonyl (C=O) groups is 1. The Kier molecular flexibility index (Phi) is 7.13. The molecule has 6 rings (SSSR count). The second kappa shape index (κ2) is 10.1. The van der Waals surface area contributed by atoms with Crippen LogP contribution in [-0.2, 0) is 14.3 Å². The number of allylic oxidation sites excluding steroid dienone is 1. The highest BCUT2D eigenvalue weighted by atomic mass is 16.7. The van der Waals surface area contributed by atoms with Crippen LogP contribution in [-0.4, -0.2) is 80.8 Å². The normalized spacial score (nSPS) is 48.5. The molecule has 1 saturated heterocycles.